The number of fused-ring (bicyclic) bond motifs is 2. The molecule has 4 rings (SSSR count). The van der Waals surface area contributed by atoms with Crippen LogP contribution in [-0.4, -0.2) is 5.78 Å². The predicted octanol–water partition coefficient (Wildman–Crippen LogP) is 2.16. The summed E-state index contributed by atoms with van der Waals surface area (Å²) in [6.45, 7) is 0. The molecular formula is C10H14O. The summed E-state index contributed by atoms with van der Waals surface area (Å²) in [6, 6.07) is 0. The normalized spacial score (nSPS) is 44.9. The van der Waals surface area contributed by atoms with Gasteiger partial charge in [0.25, 0.3) is 0 Å². The maximum Gasteiger partial charge on any atom is 0.142 e. The molecule has 0 saturated heterocycles. The van der Waals surface area contributed by atoms with Crippen molar-refractivity contribution in [2.75, 3.05) is 0 Å². The van der Waals surface area contributed by atoms with E-state index in [1.54, 1.807) is 0 Å². The third kappa shape index (κ3) is 0.605. The van der Waals surface area contributed by atoms with Crippen LogP contribution in [0, 0.1) is 17.3 Å². The van der Waals surface area contributed by atoms with Gasteiger partial charge in [0.1, 0.15) is 5.78 Å². The van der Waals surface area contributed by atoms with Crippen LogP contribution in [0.4, 0.5) is 0 Å². The number of rotatable bonds is 0. The van der Waals surface area contributed by atoms with Crippen molar-refractivity contribution in [2.45, 2.75) is 38.5 Å². The Hall–Kier alpha value is -0.330. The van der Waals surface area contributed by atoms with Gasteiger partial charge in [-0.3, -0.25) is 4.79 Å². The van der Waals surface area contributed by atoms with Gasteiger partial charge in [-0.2, -0.15) is 0 Å². The Balaban J connectivity index is 2.01. The molecule has 0 amide bonds. The molecule has 1 spiro atoms. The van der Waals surface area contributed by atoms with E-state index >= 15 is 0 Å². The molecule has 4 aliphatic carbocycles. The van der Waals surface area contributed by atoms with E-state index < -0.39 is 0 Å². The zero-order valence-corrected chi connectivity index (χ0v) is 6.81. The van der Waals surface area contributed by atoms with Gasteiger partial charge in [-0.15, -0.1) is 0 Å². The van der Waals surface area contributed by atoms with Gasteiger partial charge < -0.3 is 0 Å². The lowest BCUT2D eigenvalue weighted by molar-refractivity contribution is -0.137. The van der Waals surface area contributed by atoms with Crippen LogP contribution < -0.4 is 0 Å². The Kier molecular flexibility index (Phi) is 0.961. The Morgan fingerprint density at radius 1 is 1.09 bits per heavy atom. The van der Waals surface area contributed by atoms with Crippen LogP contribution in [0.5, 0.6) is 0 Å². The molecule has 0 unspecified atom stereocenters. The third-order valence-corrected chi connectivity index (χ3v) is 4.16. The predicted molar refractivity (Wildman–Crippen MR) is 42.1 cm³/mol. The van der Waals surface area contributed by atoms with Crippen molar-refractivity contribution in [1.29, 1.82) is 0 Å². The van der Waals surface area contributed by atoms with E-state index in [2.05, 4.69) is 0 Å². The highest BCUT2D eigenvalue weighted by Gasteiger charge is 2.60. The Morgan fingerprint density at radius 2 is 1.73 bits per heavy atom. The second-order valence-corrected chi connectivity index (χ2v) is 4.57. The highest BCUT2D eigenvalue weighted by atomic mass is 16.1. The van der Waals surface area contributed by atoms with E-state index in [0.717, 1.165) is 5.92 Å². The first-order valence-corrected chi connectivity index (χ1v) is 4.87. The molecule has 0 heterocycles. The van der Waals surface area contributed by atoms with Crippen LogP contribution in [0.15, 0.2) is 0 Å². The summed E-state index contributed by atoms with van der Waals surface area (Å²) in [7, 11) is 0. The number of hydrogen-bond acceptors (Lipinski definition) is 1. The van der Waals surface area contributed by atoms with Gasteiger partial charge in [-0.05, 0) is 44.4 Å². The zero-order valence-electron chi connectivity index (χ0n) is 6.81. The first-order chi connectivity index (χ1) is 5.33. The zero-order chi connectivity index (χ0) is 7.47. The first-order valence-electron chi connectivity index (χ1n) is 4.87. The van der Waals surface area contributed by atoms with Gasteiger partial charge in [0.15, 0.2) is 0 Å². The van der Waals surface area contributed by atoms with Crippen molar-refractivity contribution >= 4 is 5.78 Å². The van der Waals surface area contributed by atoms with E-state index in [4.69, 9.17) is 0 Å². The molecule has 0 aromatic rings. The molecule has 0 aromatic carbocycles. The fraction of sp³-hybridized carbons (Fsp3) is 0.900. The van der Waals surface area contributed by atoms with Crippen LogP contribution in [-0.2, 0) is 4.79 Å². The van der Waals surface area contributed by atoms with Crippen LogP contribution >= 0.6 is 0 Å². The SMILES string of the molecule is O=C1C2CCC(CC2)C12CC2. The summed E-state index contributed by atoms with van der Waals surface area (Å²) in [5.74, 6) is 1.95. The lowest BCUT2D eigenvalue weighted by atomic mass is 9.62. The van der Waals surface area contributed by atoms with Crippen molar-refractivity contribution in [3.05, 3.63) is 0 Å². The van der Waals surface area contributed by atoms with E-state index in [0.29, 0.717) is 11.7 Å². The monoisotopic (exact) mass is 150 g/mol. The van der Waals surface area contributed by atoms with Gasteiger partial charge in [0.2, 0.25) is 0 Å². The van der Waals surface area contributed by atoms with Crippen LogP contribution in [0.3, 0.4) is 0 Å². The minimum Gasteiger partial charge on any atom is -0.299 e. The molecule has 0 aromatic heterocycles. The summed E-state index contributed by atoms with van der Waals surface area (Å²) in [6.07, 6.45) is 7.60. The average Bonchev–Trinajstić information content (AvgIpc) is 2.82. The highest BCUT2D eigenvalue weighted by molar-refractivity contribution is 5.91. The first kappa shape index (κ1) is 6.22. The second kappa shape index (κ2) is 1.70. The van der Waals surface area contributed by atoms with Gasteiger partial charge >= 0.3 is 0 Å². The minimum atomic E-state index is 0.265. The van der Waals surface area contributed by atoms with Crippen molar-refractivity contribution in [1.82, 2.24) is 0 Å². The van der Waals surface area contributed by atoms with Gasteiger partial charge in [-0.25, -0.2) is 0 Å². The lowest BCUT2D eigenvalue weighted by Crippen LogP contribution is -2.41. The molecule has 1 heteroatoms. The van der Waals surface area contributed by atoms with Crippen molar-refractivity contribution in [2.24, 2.45) is 17.3 Å². The van der Waals surface area contributed by atoms with Crippen molar-refractivity contribution < 1.29 is 4.79 Å². The van der Waals surface area contributed by atoms with Crippen molar-refractivity contribution in [3.63, 3.8) is 0 Å². The summed E-state index contributed by atoms with van der Waals surface area (Å²) in [5, 5.41) is 0. The molecule has 4 aliphatic rings. The molecule has 1 nitrogen and oxygen atoms in total. The molecule has 0 aliphatic heterocycles. The number of carbonyl (C=O) groups excluding carboxylic acids is 1. The third-order valence-electron chi connectivity index (χ3n) is 4.16. The quantitative estimate of drug-likeness (QED) is 0.517. The Bertz CT molecular complexity index is 207. The standard InChI is InChI=1S/C10H14O/c11-9-7-1-3-8(4-2-7)10(9)5-6-10/h7-8H,1-6H2. The molecule has 0 N–H and O–H groups in total. The summed E-state index contributed by atoms with van der Waals surface area (Å²) < 4.78 is 0. The molecule has 2 bridgehead atoms. The molecule has 0 radical (unpaired) electrons. The molecule has 11 heavy (non-hydrogen) atoms. The van der Waals surface area contributed by atoms with Crippen LogP contribution in [0.25, 0.3) is 0 Å². The van der Waals surface area contributed by atoms with Crippen LogP contribution in [0.1, 0.15) is 38.5 Å². The molecule has 60 valence electrons. The number of ketones is 1. The van der Waals surface area contributed by atoms with Gasteiger partial charge in [-0.1, -0.05) is 0 Å². The fourth-order valence-electron chi connectivity index (χ4n) is 3.31. The molecular weight excluding hydrogens is 136 g/mol. The van der Waals surface area contributed by atoms with E-state index in [9.17, 15) is 4.79 Å². The minimum absolute atomic E-state index is 0.265. The average molecular weight is 150 g/mol. The fourth-order valence-corrected chi connectivity index (χ4v) is 3.31. The van der Waals surface area contributed by atoms with Gasteiger partial charge in [0.05, 0.1) is 0 Å². The molecule has 0 atom stereocenters. The number of carbonyl (C=O) groups is 1. The summed E-state index contributed by atoms with van der Waals surface area (Å²) in [5.41, 5.74) is 0.265. The van der Waals surface area contributed by atoms with Crippen molar-refractivity contribution in [3.8, 4) is 0 Å². The Morgan fingerprint density at radius 3 is 2.09 bits per heavy atom. The van der Waals surface area contributed by atoms with E-state index in [1.165, 1.54) is 38.5 Å². The summed E-state index contributed by atoms with van der Waals surface area (Å²) in [4.78, 5) is 11.8. The maximum atomic E-state index is 11.8. The number of hydrogen-bond donors (Lipinski definition) is 0. The number of Topliss-reactive ketones (excluding diaryl/α,β-unsaturated/α-hetero) is 1. The van der Waals surface area contributed by atoms with Gasteiger partial charge in [0, 0.05) is 11.3 Å². The van der Waals surface area contributed by atoms with E-state index in [1.807, 2.05) is 0 Å². The molecule has 4 fully saturated rings. The second-order valence-electron chi connectivity index (χ2n) is 4.57. The lowest BCUT2D eigenvalue weighted by Gasteiger charge is -2.41. The van der Waals surface area contributed by atoms with Crippen LogP contribution in [0.2, 0.25) is 0 Å². The smallest absolute Gasteiger partial charge is 0.142 e. The largest absolute Gasteiger partial charge is 0.299 e. The topological polar surface area (TPSA) is 17.1 Å². The Labute approximate surface area is 67.2 Å². The highest BCUT2D eigenvalue weighted by Crippen LogP contribution is 2.63. The summed E-state index contributed by atoms with van der Waals surface area (Å²) >= 11 is 0. The maximum absolute atomic E-state index is 11.8. The van der Waals surface area contributed by atoms with E-state index in [-0.39, 0.29) is 5.41 Å². The molecule has 4 saturated carbocycles.